The first-order valence-electron chi connectivity index (χ1n) is 14.6. The number of piperidine rings is 1. The number of hydrogen-bond acceptors (Lipinski definition) is 10. The van der Waals surface area contributed by atoms with Crippen molar-refractivity contribution in [2.24, 2.45) is 0 Å². The van der Waals surface area contributed by atoms with E-state index in [2.05, 4.69) is 60.4 Å². The van der Waals surface area contributed by atoms with E-state index in [1.807, 2.05) is 60.7 Å². The average molecular weight is 617 g/mol. The number of anilines is 5. The van der Waals surface area contributed by atoms with Crippen LogP contribution in [0.15, 0.2) is 84.8 Å². The summed E-state index contributed by atoms with van der Waals surface area (Å²) in [4.78, 5) is 26.4. The maximum Gasteiger partial charge on any atom is 0.248 e. The molecule has 11 nitrogen and oxygen atoms in total. The van der Waals surface area contributed by atoms with Crippen LogP contribution < -0.4 is 26.6 Å². The Balaban J connectivity index is 1.43. The minimum Gasteiger partial charge on any atom is -0.392 e. The van der Waals surface area contributed by atoms with Crippen LogP contribution in [0.4, 0.5) is 28.8 Å². The van der Waals surface area contributed by atoms with Gasteiger partial charge in [-0.15, -0.1) is 0 Å². The molecule has 0 bridgehead atoms. The van der Waals surface area contributed by atoms with Crippen molar-refractivity contribution < 1.29 is 4.79 Å². The lowest BCUT2D eigenvalue weighted by atomic mass is 10.0. The van der Waals surface area contributed by atoms with Gasteiger partial charge < -0.3 is 31.5 Å². The van der Waals surface area contributed by atoms with Crippen LogP contribution in [0.3, 0.4) is 0 Å². The van der Waals surface area contributed by atoms with Crippen LogP contribution in [-0.4, -0.2) is 77.7 Å². The molecule has 1 fully saturated rings. The molecule has 1 aromatic heterocycles. The van der Waals surface area contributed by atoms with Gasteiger partial charge in [0, 0.05) is 67.3 Å². The smallest absolute Gasteiger partial charge is 0.248 e. The van der Waals surface area contributed by atoms with E-state index in [1.165, 1.54) is 0 Å². The predicted octanol–water partition coefficient (Wildman–Crippen LogP) is 5.04. The summed E-state index contributed by atoms with van der Waals surface area (Å²) in [6, 6.07) is 17.9. The van der Waals surface area contributed by atoms with Gasteiger partial charge in [0.05, 0.1) is 5.70 Å². The Kier molecular flexibility index (Phi) is 12.1. The molecule has 0 saturated carbocycles. The molecule has 0 unspecified atom stereocenters. The number of halogens is 1. The highest BCUT2D eigenvalue weighted by Crippen LogP contribution is 2.24. The van der Waals surface area contributed by atoms with E-state index >= 15 is 0 Å². The average Bonchev–Trinajstić information content (AvgIpc) is 3.01. The molecule has 0 aliphatic carbocycles. The van der Waals surface area contributed by atoms with Crippen molar-refractivity contribution in [2.45, 2.75) is 25.4 Å². The normalized spacial score (nSPS) is 14.4. The van der Waals surface area contributed by atoms with Crippen molar-refractivity contribution in [1.29, 1.82) is 5.41 Å². The van der Waals surface area contributed by atoms with E-state index in [-0.39, 0.29) is 17.0 Å². The van der Waals surface area contributed by atoms with Gasteiger partial charge in [-0.1, -0.05) is 41.9 Å². The fourth-order valence-electron chi connectivity index (χ4n) is 4.80. The molecule has 0 radical (unpaired) electrons. The molecular formula is C32H41ClN10O. The molecule has 1 aliphatic heterocycles. The molecule has 1 amide bonds. The van der Waals surface area contributed by atoms with Crippen LogP contribution in [0.25, 0.3) is 0 Å². The van der Waals surface area contributed by atoms with E-state index in [0.717, 1.165) is 49.4 Å². The molecule has 0 atom stereocenters. The van der Waals surface area contributed by atoms with E-state index in [1.54, 1.807) is 25.5 Å². The fraction of sp³-hybridized carbons (Fsp3) is 0.312. The lowest BCUT2D eigenvalue weighted by Crippen LogP contribution is -2.41. The zero-order chi connectivity index (χ0) is 31.3. The highest BCUT2D eigenvalue weighted by atomic mass is 35.5. The van der Waals surface area contributed by atoms with Gasteiger partial charge in [0.1, 0.15) is 11.0 Å². The van der Waals surface area contributed by atoms with Crippen LogP contribution in [0.5, 0.6) is 0 Å². The van der Waals surface area contributed by atoms with E-state index in [9.17, 15) is 4.79 Å². The Hall–Kier alpha value is -4.45. The number of likely N-dealkylation sites (tertiary alicyclic amines) is 1. The van der Waals surface area contributed by atoms with Crippen molar-refractivity contribution >= 4 is 51.5 Å². The summed E-state index contributed by atoms with van der Waals surface area (Å²) in [5, 5.41) is 23.2. The summed E-state index contributed by atoms with van der Waals surface area (Å²) in [7, 11) is 5.98. The molecule has 44 heavy (non-hydrogen) atoms. The number of rotatable bonds is 14. The van der Waals surface area contributed by atoms with Crippen molar-refractivity contribution in [3.05, 3.63) is 90.4 Å². The monoisotopic (exact) mass is 616 g/mol. The van der Waals surface area contributed by atoms with Crippen LogP contribution in [0, 0.1) is 5.41 Å². The summed E-state index contributed by atoms with van der Waals surface area (Å²) in [5.41, 5.74) is 3.49. The molecule has 3 aromatic rings. The van der Waals surface area contributed by atoms with Crippen molar-refractivity contribution in [3.8, 4) is 0 Å². The summed E-state index contributed by atoms with van der Waals surface area (Å²) >= 11 is 5.92. The zero-order valence-electron chi connectivity index (χ0n) is 25.4. The maximum absolute atomic E-state index is 12.7. The molecule has 6 N–H and O–H groups in total. The Morgan fingerprint density at radius 2 is 1.80 bits per heavy atom. The lowest BCUT2D eigenvalue weighted by molar-refractivity contribution is -0.111. The summed E-state index contributed by atoms with van der Waals surface area (Å²) in [5.74, 6) is 0.639. The van der Waals surface area contributed by atoms with E-state index in [0.29, 0.717) is 29.8 Å². The third-order valence-electron chi connectivity index (χ3n) is 7.21. The standard InChI is InChI=1S/C32H41ClN10O/c1-35-22-28(30(33)34)40-32-37-21-23(20-36-24-9-5-4-6-10-24)31(41-32)39-26-12-7-11-25(19-26)38-29(44)13-8-16-43-17-14-27(15-18-43)42(2)3/h4-13,19,21-22,27,34-36H,14-18,20H2,1-3H3,(H,38,44)(H2,37,39,40,41)/b13-8+,28-22+,34-30?. The minimum absolute atomic E-state index is 0.182. The first-order chi connectivity index (χ1) is 21.3. The fourth-order valence-corrected chi connectivity index (χ4v) is 4.90. The molecule has 2 aromatic carbocycles. The predicted molar refractivity (Wildman–Crippen MR) is 181 cm³/mol. The highest BCUT2D eigenvalue weighted by molar-refractivity contribution is 6.68. The largest absolute Gasteiger partial charge is 0.392 e. The number of nitrogens with one attached hydrogen (secondary N) is 6. The van der Waals surface area contributed by atoms with Crippen molar-refractivity contribution in [1.82, 2.24) is 25.1 Å². The molecule has 1 aliphatic rings. The Morgan fingerprint density at radius 3 is 2.50 bits per heavy atom. The minimum atomic E-state index is -0.182. The molecule has 1 saturated heterocycles. The zero-order valence-corrected chi connectivity index (χ0v) is 26.2. The molecule has 4 rings (SSSR count). The van der Waals surface area contributed by atoms with Gasteiger partial charge in [0.15, 0.2) is 0 Å². The molecule has 2 heterocycles. The number of hydrogen-bond donors (Lipinski definition) is 6. The number of carbonyl (C=O) groups is 1. The second kappa shape index (κ2) is 16.4. The number of nitrogens with zero attached hydrogens (tertiary/aromatic N) is 4. The molecular weight excluding hydrogens is 576 g/mol. The van der Waals surface area contributed by atoms with Gasteiger partial charge >= 0.3 is 0 Å². The van der Waals surface area contributed by atoms with Gasteiger partial charge in [0.25, 0.3) is 0 Å². The number of para-hydroxylation sites is 1. The van der Waals surface area contributed by atoms with Gasteiger partial charge in [-0.25, -0.2) is 4.98 Å². The molecule has 12 heteroatoms. The van der Waals surface area contributed by atoms with Crippen LogP contribution in [-0.2, 0) is 11.3 Å². The summed E-state index contributed by atoms with van der Waals surface area (Å²) in [6.07, 6.45) is 9.08. The van der Waals surface area contributed by atoms with Gasteiger partial charge in [-0.05, 0) is 70.4 Å². The number of benzene rings is 2. The van der Waals surface area contributed by atoms with Crippen LogP contribution >= 0.6 is 11.6 Å². The topological polar surface area (TPSA) is 133 Å². The van der Waals surface area contributed by atoms with Crippen LogP contribution in [0.2, 0.25) is 0 Å². The maximum atomic E-state index is 12.7. The van der Waals surface area contributed by atoms with Crippen LogP contribution in [0.1, 0.15) is 18.4 Å². The summed E-state index contributed by atoms with van der Waals surface area (Å²) < 4.78 is 0. The Bertz CT molecular complexity index is 1450. The number of carbonyl (C=O) groups excluding carboxylic acids is 1. The number of aromatic nitrogens is 2. The van der Waals surface area contributed by atoms with Gasteiger partial charge in [0.2, 0.25) is 11.9 Å². The first-order valence-corrected chi connectivity index (χ1v) is 15.0. The van der Waals surface area contributed by atoms with Crippen molar-refractivity contribution in [2.75, 3.05) is 62.0 Å². The van der Waals surface area contributed by atoms with Gasteiger partial charge in [-0.3, -0.25) is 15.1 Å². The molecule has 0 spiro atoms. The highest BCUT2D eigenvalue weighted by Gasteiger charge is 2.19. The van der Waals surface area contributed by atoms with E-state index < -0.39 is 0 Å². The SMILES string of the molecule is CN/C=C(/Nc1ncc(CNc2ccccc2)c(Nc2cccc(NC(=O)/C=C/CN3CCC(N(C)C)CC3)c2)n1)C(=N)Cl. The summed E-state index contributed by atoms with van der Waals surface area (Å²) in [6.45, 7) is 3.29. The third-order valence-corrected chi connectivity index (χ3v) is 7.41. The lowest BCUT2D eigenvalue weighted by Gasteiger charge is -2.34. The Labute approximate surface area is 264 Å². The quantitative estimate of drug-likeness (QED) is 0.109. The molecule has 232 valence electrons. The first kappa shape index (κ1) is 32.5. The van der Waals surface area contributed by atoms with Gasteiger partial charge in [-0.2, -0.15) is 4.98 Å². The third kappa shape index (κ3) is 10.1. The second-order valence-electron chi connectivity index (χ2n) is 10.7. The number of allylic oxidation sites excluding steroid dienone is 1. The Morgan fingerprint density at radius 1 is 1.07 bits per heavy atom. The van der Waals surface area contributed by atoms with E-state index in [4.69, 9.17) is 17.0 Å². The van der Waals surface area contributed by atoms with Crippen molar-refractivity contribution in [3.63, 3.8) is 0 Å². The second-order valence-corrected chi connectivity index (χ2v) is 11.0. The number of amides is 1.